The van der Waals surface area contributed by atoms with Crippen LogP contribution < -0.4 is 15.0 Å². The average Bonchev–Trinajstić information content (AvgIpc) is 3.11. The maximum absolute atomic E-state index is 12.7. The number of methoxy groups -OCH3 is 1. The fraction of sp³-hybridized carbons (Fsp3) is 0.158. The average molecular weight is 347 g/mol. The number of hydrogen-bond acceptors (Lipinski definition) is 6. The van der Waals surface area contributed by atoms with Crippen molar-refractivity contribution in [1.29, 1.82) is 0 Å². The molecule has 0 unspecified atom stereocenters. The summed E-state index contributed by atoms with van der Waals surface area (Å²) in [5.41, 5.74) is 3.49. The van der Waals surface area contributed by atoms with E-state index in [1.807, 2.05) is 18.2 Å². The van der Waals surface area contributed by atoms with Crippen molar-refractivity contribution >= 4 is 23.2 Å². The number of ether oxygens (including phenoxy) is 1. The molecule has 1 N–H and O–H groups in total. The highest BCUT2D eigenvalue weighted by atomic mass is 16.5. The zero-order valence-corrected chi connectivity index (χ0v) is 14.2. The Labute approximate surface area is 150 Å². The molecule has 1 amide bonds. The van der Waals surface area contributed by atoms with Gasteiger partial charge < -0.3 is 15.0 Å². The van der Waals surface area contributed by atoms with Crippen molar-refractivity contribution in [2.24, 2.45) is 0 Å². The zero-order valence-electron chi connectivity index (χ0n) is 14.2. The second-order valence-corrected chi connectivity index (χ2v) is 5.84. The number of fused-ring (bicyclic) bond motifs is 1. The molecule has 0 fully saturated rings. The van der Waals surface area contributed by atoms with Crippen molar-refractivity contribution in [1.82, 2.24) is 15.0 Å². The van der Waals surface area contributed by atoms with Crippen molar-refractivity contribution in [2.75, 3.05) is 23.9 Å². The van der Waals surface area contributed by atoms with E-state index in [0.29, 0.717) is 23.9 Å². The predicted octanol–water partition coefficient (Wildman–Crippen LogP) is 2.83. The second-order valence-electron chi connectivity index (χ2n) is 5.84. The lowest BCUT2D eigenvalue weighted by Gasteiger charge is -2.17. The summed E-state index contributed by atoms with van der Waals surface area (Å²) >= 11 is 0. The van der Waals surface area contributed by atoms with E-state index in [1.165, 1.54) is 0 Å². The van der Waals surface area contributed by atoms with Crippen LogP contribution in [0.4, 0.5) is 17.3 Å². The van der Waals surface area contributed by atoms with Crippen LogP contribution in [0.25, 0.3) is 0 Å². The van der Waals surface area contributed by atoms with Crippen LogP contribution in [-0.4, -0.2) is 34.5 Å². The van der Waals surface area contributed by atoms with E-state index in [0.717, 1.165) is 23.4 Å². The van der Waals surface area contributed by atoms with Gasteiger partial charge in [-0.3, -0.25) is 9.78 Å². The lowest BCUT2D eigenvalue weighted by atomic mass is 10.1. The summed E-state index contributed by atoms with van der Waals surface area (Å²) in [6.45, 7) is 0.655. The van der Waals surface area contributed by atoms with Crippen LogP contribution >= 0.6 is 0 Å². The molecule has 0 bridgehead atoms. The number of nitrogens with zero attached hydrogens (tertiary/aromatic N) is 4. The van der Waals surface area contributed by atoms with Crippen LogP contribution in [0.2, 0.25) is 0 Å². The van der Waals surface area contributed by atoms with Gasteiger partial charge >= 0.3 is 0 Å². The fourth-order valence-corrected chi connectivity index (χ4v) is 2.98. The smallest absolute Gasteiger partial charge is 0.259 e. The highest BCUT2D eigenvalue weighted by molar-refractivity contribution is 6.07. The minimum atomic E-state index is -0.0336. The Morgan fingerprint density at radius 1 is 1.23 bits per heavy atom. The molecule has 0 saturated heterocycles. The first-order valence-electron chi connectivity index (χ1n) is 8.23. The SMILES string of the molecule is COc1ccnc(Nc2ccc3c(c2)CCN3C(=O)c2cccnc2)n1. The van der Waals surface area contributed by atoms with E-state index in [-0.39, 0.29) is 5.91 Å². The van der Waals surface area contributed by atoms with Gasteiger partial charge in [0.05, 0.1) is 12.7 Å². The first-order chi connectivity index (χ1) is 12.7. The highest BCUT2D eigenvalue weighted by Crippen LogP contribution is 2.32. The zero-order chi connectivity index (χ0) is 17.9. The second kappa shape index (κ2) is 6.79. The summed E-state index contributed by atoms with van der Waals surface area (Å²) in [4.78, 5) is 26.9. The monoisotopic (exact) mass is 347 g/mol. The number of aromatic nitrogens is 3. The molecule has 1 aliphatic heterocycles. The Morgan fingerprint density at radius 2 is 2.15 bits per heavy atom. The number of pyridine rings is 1. The summed E-state index contributed by atoms with van der Waals surface area (Å²) in [5.74, 6) is 0.927. The highest BCUT2D eigenvalue weighted by Gasteiger charge is 2.25. The molecule has 0 aliphatic carbocycles. The van der Waals surface area contributed by atoms with Crippen LogP contribution in [0.5, 0.6) is 5.88 Å². The van der Waals surface area contributed by atoms with Crippen molar-refractivity contribution in [2.45, 2.75) is 6.42 Å². The van der Waals surface area contributed by atoms with E-state index in [1.54, 1.807) is 48.8 Å². The molecular weight excluding hydrogens is 330 g/mol. The molecule has 1 aliphatic rings. The third-order valence-corrected chi connectivity index (χ3v) is 4.22. The van der Waals surface area contributed by atoms with Gasteiger partial charge in [0.2, 0.25) is 11.8 Å². The minimum Gasteiger partial charge on any atom is -0.481 e. The first kappa shape index (κ1) is 16.0. The number of nitrogens with one attached hydrogen (secondary N) is 1. The van der Waals surface area contributed by atoms with Gasteiger partial charge in [-0.05, 0) is 42.3 Å². The van der Waals surface area contributed by atoms with Gasteiger partial charge in [-0.1, -0.05) is 0 Å². The molecule has 2 aromatic heterocycles. The lowest BCUT2D eigenvalue weighted by molar-refractivity contribution is 0.0989. The third kappa shape index (κ3) is 3.06. The summed E-state index contributed by atoms with van der Waals surface area (Å²) < 4.78 is 5.11. The van der Waals surface area contributed by atoms with E-state index >= 15 is 0 Å². The fourth-order valence-electron chi connectivity index (χ4n) is 2.98. The number of anilines is 3. The van der Waals surface area contributed by atoms with E-state index in [2.05, 4.69) is 20.3 Å². The van der Waals surface area contributed by atoms with E-state index in [4.69, 9.17) is 4.74 Å². The molecule has 7 nitrogen and oxygen atoms in total. The Bertz CT molecular complexity index is 946. The van der Waals surface area contributed by atoms with Crippen LogP contribution in [-0.2, 0) is 6.42 Å². The summed E-state index contributed by atoms with van der Waals surface area (Å²) in [6.07, 6.45) is 5.69. The summed E-state index contributed by atoms with van der Waals surface area (Å²) in [5, 5.41) is 3.17. The standard InChI is InChI=1S/C19H17N5O2/c1-26-17-6-9-21-19(23-17)22-15-4-5-16-13(11-15)7-10-24(16)18(25)14-3-2-8-20-12-14/h2-6,8-9,11-12H,7,10H2,1H3,(H,21,22,23). The Kier molecular flexibility index (Phi) is 4.18. The number of carbonyl (C=O) groups excluding carboxylic acids is 1. The third-order valence-electron chi connectivity index (χ3n) is 4.22. The summed E-state index contributed by atoms with van der Waals surface area (Å²) in [7, 11) is 1.56. The van der Waals surface area contributed by atoms with Crippen LogP contribution in [0, 0.1) is 0 Å². The molecule has 130 valence electrons. The molecule has 1 aromatic carbocycles. The minimum absolute atomic E-state index is 0.0336. The van der Waals surface area contributed by atoms with Crippen LogP contribution in [0.15, 0.2) is 55.0 Å². The molecule has 4 rings (SSSR count). The molecule has 0 radical (unpaired) electrons. The molecule has 0 spiro atoms. The number of amides is 1. The molecular formula is C19H17N5O2. The molecule has 0 saturated carbocycles. The quantitative estimate of drug-likeness (QED) is 0.782. The Balaban J connectivity index is 1.56. The van der Waals surface area contributed by atoms with Crippen molar-refractivity contribution in [3.05, 3.63) is 66.1 Å². The van der Waals surface area contributed by atoms with Gasteiger partial charge in [0, 0.05) is 42.6 Å². The Hall–Kier alpha value is -3.48. The van der Waals surface area contributed by atoms with Gasteiger partial charge in [0.25, 0.3) is 5.91 Å². The normalized spacial score (nSPS) is 12.6. The number of carbonyl (C=O) groups is 1. The predicted molar refractivity (Wildman–Crippen MR) is 97.9 cm³/mol. The largest absolute Gasteiger partial charge is 0.481 e. The van der Waals surface area contributed by atoms with Gasteiger partial charge in [0.1, 0.15) is 0 Å². The Morgan fingerprint density at radius 3 is 2.96 bits per heavy atom. The van der Waals surface area contributed by atoms with E-state index < -0.39 is 0 Å². The van der Waals surface area contributed by atoms with Crippen LogP contribution in [0.1, 0.15) is 15.9 Å². The van der Waals surface area contributed by atoms with Crippen LogP contribution in [0.3, 0.4) is 0 Å². The van der Waals surface area contributed by atoms with Gasteiger partial charge in [-0.25, -0.2) is 4.98 Å². The first-order valence-corrected chi connectivity index (χ1v) is 8.23. The number of hydrogen-bond donors (Lipinski definition) is 1. The molecule has 3 heterocycles. The number of rotatable bonds is 4. The van der Waals surface area contributed by atoms with Gasteiger partial charge in [0.15, 0.2) is 0 Å². The van der Waals surface area contributed by atoms with Crippen molar-refractivity contribution in [3.8, 4) is 5.88 Å². The molecule has 26 heavy (non-hydrogen) atoms. The summed E-state index contributed by atoms with van der Waals surface area (Å²) in [6, 6.07) is 11.1. The van der Waals surface area contributed by atoms with Gasteiger partial charge in [-0.15, -0.1) is 0 Å². The van der Waals surface area contributed by atoms with Crippen molar-refractivity contribution in [3.63, 3.8) is 0 Å². The lowest BCUT2D eigenvalue weighted by Crippen LogP contribution is -2.28. The molecule has 3 aromatic rings. The topological polar surface area (TPSA) is 80.2 Å². The van der Waals surface area contributed by atoms with Crippen molar-refractivity contribution < 1.29 is 9.53 Å². The maximum Gasteiger partial charge on any atom is 0.259 e. The van der Waals surface area contributed by atoms with E-state index in [9.17, 15) is 4.79 Å². The maximum atomic E-state index is 12.7. The number of benzene rings is 1. The van der Waals surface area contributed by atoms with Gasteiger partial charge in [-0.2, -0.15) is 4.98 Å². The molecule has 0 atom stereocenters. The molecule has 7 heteroatoms.